The van der Waals surface area contributed by atoms with Crippen LogP contribution in [0.2, 0.25) is 0 Å². The third-order valence-corrected chi connectivity index (χ3v) is 4.36. The number of rotatable bonds is 7. The van der Waals surface area contributed by atoms with E-state index in [0.29, 0.717) is 24.5 Å². The smallest absolute Gasteiger partial charge is 0.253 e. The lowest BCUT2D eigenvalue weighted by molar-refractivity contribution is 0.633. The van der Waals surface area contributed by atoms with Crippen LogP contribution in [0, 0.1) is 13.8 Å². The maximum atomic E-state index is 11.9. The van der Waals surface area contributed by atoms with Gasteiger partial charge in [0.05, 0.1) is 17.9 Å². The van der Waals surface area contributed by atoms with Crippen LogP contribution in [0.3, 0.4) is 0 Å². The van der Waals surface area contributed by atoms with Gasteiger partial charge in [-0.25, -0.2) is 0 Å². The number of aromatic nitrogens is 3. The van der Waals surface area contributed by atoms with E-state index in [1.54, 1.807) is 6.20 Å². The Kier molecular flexibility index (Phi) is 4.65. The Balaban J connectivity index is 1.72. The van der Waals surface area contributed by atoms with Crippen LogP contribution < -0.4 is 21.5 Å². The monoisotopic (exact) mass is 339 g/mol. The van der Waals surface area contributed by atoms with Crippen molar-refractivity contribution in [1.29, 1.82) is 0 Å². The zero-order valence-electron chi connectivity index (χ0n) is 14.6. The van der Waals surface area contributed by atoms with Gasteiger partial charge in [0, 0.05) is 30.5 Å². The number of nitrogens with one attached hydrogen (secondary N) is 2. The summed E-state index contributed by atoms with van der Waals surface area (Å²) in [6.07, 6.45) is 1.69. The molecule has 2 N–H and O–H groups in total. The third-order valence-electron chi connectivity index (χ3n) is 4.36. The fourth-order valence-corrected chi connectivity index (χ4v) is 2.89. The Labute approximate surface area is 145 Å². The molecule has 25 heavy (non-hydrogen) atoms. The minimum absolute atomic E-state index is 0.328. The van der Waals surface area contributed by atoms with Crippen LogP contribution in [0.4, 0.5) is 11.4 Å². The second kappa shape index (κ2) is 6.88. The minimum Gasteiger partial charge on any atom is -0.376 e. The summed E-state index contributed by atoms with van der Waals surface area (Å²) >= 11 is 0. The van der Waals surface area contributed by atoms with E-state index in [9.17, 15) is 9.59 Å². The Bertz CT molecular complexity index is 952. The van der Waals surface area contributed by atoms with Crippen molar-refractivity contribution in [2.45, 2.75) is 40.4 Å². The molecule has 0 amide bonds. The quantitative estimate of drug-likeness (QED) is 0.637. The summed E-state index contributed by atoms with van der Waals surface area (Å²) in [6.45, 7) is 7.63. The molecule has 7 heteroatoms. The molecule has 0 aliphatic rings. The maximum absolute atomic E-state index is 11.9. The van der Waals surface area contributed by atoms with Gasteiger partial charge >= 0.3 is 0 Å². The first kappa shape index (κ1) is 16.9. The van der Waals surface area contributed by atoms with Crippen molar-refractivity contribution in [2.75, 3.05) is 10.6 Å². The summed E-state index contributed by atoms with van der Waals surface area (Å²) in [5.74, 6) is 0. The molecule has 0 aliphatic carbocycles. The normalized spacial score (nSPS) is 11.0. The van der Waals surface area contributed by atoms with Crippen molar-refractivity contribution in [3.8, 4) is 0 Å². The summed E-state index contributed by atoms with van der Waals surface area (Å²) in [5, 5.41) is 10.6. The summed E-state index contributed by atoms with van der Waals surface area (Å²) in [4.78, 5) is 27.9. The average molecular weight is 339 g/mol. The van der Waals surface area contributed by atoms with E-state index in [2.05, 4.69) is 20.7 Å². The molecule has 2 heterocycles. The fourth-order valence-electron chi connectivity index (χ4n) is 2.89. The molecule has 0 unspecified atom stereocenters. The molecular weight excluding hydrogens is 318 g/mol. The Morgan fingerprint density at radius 3 is 2.28 bits per heavy atom. The number of anilines is 2. The molecule has 0 saturated heterocycles. The summed E-state index contributed by atoms with van der Waals surface area (Å²) in [7, 11) is 0. The summed E-state index contributed by atoms with van der Waals surface area (Å²) in [6, 6.07) is 5.56. The second-order valence-electron chi connectivity index (χ2n) is 5.90. The van der Waals surface area contributed by atoms with Crippen LogP contribution in [0.15, 0.2) is 34.0 Å². The SMILES string of the molecule is CCn1nc(C)c(CNc2c(NCc3ccccn3)c(=O)c2=O)c1C. The van der Waals surface area contributed by atoms with Gasteiger partial charge in [-0.1, -0.05) is 6.07 Å². The van der Waals surface area contributed by atoms with Gasteiger partial charge in [-0.15, -0.1) is 0 Å². The highest BCUT2D eigenvalue weighted by Crippen LogP contribution is 2.19. The predicted octanol–water partition coefficient (Wildman–Crippen LogP) is 1.74. The van der Waals surface area contributed by atoms with Gasteiger partial charge < -0.3 is 10.6 Å². The fraction of sp³-hybridized carbons (Fsp3) is 0.333. The van der Waals surface area contributed by atoms with Crippen molar-refractivity contribution in [2.24, 2.45) is 0 Å². The van der Waals surface area contributed by atoms with Crippen molar-refractivity contribution in [1.82, 2.24) is 14.8 Å². The molecule has 3 rings (SSSR count). The number of pyridine rings is 1. The largest absolute Gasteiger partial charge is 0.376 e. The number of aryl methyl sites for hydroxylation is 2. The van der Waals surface area contributed by atoms with Gasteiger partial charge in [0.1, 0.15) is 11.4 Å². The zero-order chi connectivity index (χ0) is 18.0. The van der Waals surface area contributed by atoms with Crippen LogP contribution >= 0.6 is 0 Å². The lowest BCUT2D eigenvalue weighted by Gasteiger charge is -2.15. The van der Waals surface area contributed by atoms with Gasteiger partial charge in [-0.3, -0.25) is 19.3 Å². The summed E-state index contributed by atoms with van der Waals surface area (Å²) in [5.41, 5.74) is 3.53. The number of hydrogen-bond donors (Lipinski definition) is 2. The molecule has 0 bridgehead atoms. The first-order chi connectivity index (χ1) is 12.0. The third kappa shape index (κ3) is 3.17. The predicted molar refractivity (Wildman–Crippen MR) is 97.6 cm³/mol. The van der Waals surface area contributed by atoms with Gasteiger partial charge in [-0.2, -0.15) is 5.10 Å². The maximum Gasteiger partial charge on any atom is 0.253 e. The highest BCUT2D eigenvalue weighted by Gasteiger charge is 2.21. The van der Waals surface area contributed by atoms with E-state index in [1.807, 2.05) is 43.7 Å². The average Bonchev–Trinajstić information content (AvgIpc) is 2.91. The first-order valence-corrected chi connectivity index (χ1v) is 8.26. The van der Waals surface area contributed by atoms with Crippen molar-refractivity contribution >= 4 is 11.4 Å². The minimum atomic E-state index is -0.490. The molecule has 3 aromatic rings. The molecule has 0 atom stereocenters. The van der Waals surface area contributed by atoms with Crippen LogP contribution in [-0.4, -0.2) is 14.8 Å². The van der Waals surface area contributed by atoms with Crippen LogP contribution in [0.1, 0.15) is 29.6 Å². The first-order valence-electron chi connectivity index (χ1n) is 8.26. The van der Waals surface area contributed by atoms with E-state index in [1.165, 1.54) is 0 Å². The van der Waals surface area contributed by atoms with Crippen LogP contribution in [-0.2, 0) is 19.6 Å². The molecule has 130 valence electrons. The standard InChI is InChI=1S/C18H21N5O2/c1-4-23-12(3)14(11(2)22-23)10-21-16-15(17(24)18(16)25)20-9-13-7-5-6-8-19-13/h5-8,20-21H,4,9-10H2,1-3H3. The lowest BCUT2D eigenvalue weighted by Crippen LogP contribution is -2.37. The molecule has 0 radical (unpaired) electrons. The molecule has 2 aromatic heterocycles. The Hall–Kier alpha value is -2.96. The molecule has 7 nitrogen and oxygen atoms in total. The topological polar surface area (TPSA) is 88.9 Å². The zero-order valence-corrected chi connectivity index (χ0v) is 14.6. The molecule has 0 fully saturated rings. The molecule has 0 spiro atoms. The summed E-state index contributed by atoms with van der Waals surface area (Å²) < 4.78 is 1.93. The van der Waals surface area contributed by atoms with E-state index in [-0.39, 0.29) is 0 Å². The molecule has 0 saturated carbocycles. The van der Waals surface area contributed by atoms with E-state index in [0.717, 1.165) is 29.2 Å². The van der Waals surface area contributed by atoms with Crippen molar-refractivity contribution in [3.05, 3.63) is 67.5 Å². The van der Waals surface area contributed by atoms with Crippen molar-refractivity contribution < 1.29 is 0 Å². The second-order valence-corrected chi connectivity index (χ2v) is 5.90. The highest BCUT2D eigenvalue weighted by molar-refractivity contribution is 5.74. The van der Waals surface area contributed by atoms with Gasteiger partial charge in [0.15, 0.2) is 0 Å². The van der Waals surface area contributed by atoms with Crippen molar-refractivity contribution in [3.63, 3.8) is 0 Å². The molecule has 0 aliphatic heterocycles. The Morgan fingerprint density at radius 1 is 1.04 bits per heavy atom. The molecule has 1 aromatic carbocycles. The van der Waals surface area contributed by atoms with E-state index >= 15 is 0 Å². The van der Waals surface area contributed by atoms with E-state index in [4.69, 9.17) is 0 Å². The Morgan fingerprint density at radius 2 is 1.72 bits per heavy atom. The molecular formula is C18H21N5O2. The lowest BCUT2D eigenvalue weighted by atomic mass is 10.1. The van der Waals surface area contributed by atoms with E-state index < -0.39 is 10.9 Å². The highest BCUT2D eigenvalue weighted by atomic mass is 16.2. The van der Waals surface area contributed by atoms with Gasteiger partial charge in [-0.05, 0) is 32.9 Å². The van der Waals surface area contributed by atoms with Crippen LogP contribution in [0.25, 0.3) is 0 Å². The number of hydrogen-bond acceptors (Lipinski definition) is 6. The number of nitrogens with zero attached hydrogens (tertiary/aromatic N) is 3. The van der Waals surface area contributed by atoms with Crippen LogP contribution in [0.5, 0.6) is 0 Å². The van der Waals surface area contributed by atoms with Gasteiger partial charge in [0.2, 0.25) is 0 Å². The van der Waals surface area contributed by atoms with Gasteiger partial charge in [0.25, 0.3) is 10.9 Å².